The van der Waals surface area contributed by atoms with Gasteiger partial charge in [0.15, 0.2) is 0 Å². The first-order chi connectivity index (χ1) is 6.15. The first-order valence-corrected chi connectivity index (χ1v) is 4.56. The standard InChI is InChI=1S/C12H17N/c1-5-6-11-9-10(2)7-8-12(11)13(3)4/h5-9H,1-4H3/b6-5-. The summed E-state index contributed by atoms with van der Waals surface area (Å²) in [6.07, 6.45) is 4.21. The summed E-state index contributed by atoms with van der Waals surface area (Å²) in [5.41, 5.74) is 3.86. The molecule has 0 atom stereocenters. The average Bonchev–Trinajstić information content (AvgIpc) is 2.04. The Morgan fingerprint density at radius 2 is 1.92 bits per heavy atom. The molecule has 0 bridgehead atoms. The SMILES string of the molecule is C/C=C\c1cc(C)ccc1N(C)C. The van der Waals surface area contributed by atoms with Crippen molar-refractivity contribution in [2.24, 2.45) is 0 Å². The predicted octanol–water partition coefficient (Wildman–Crippen LogP) is 3.09. The Bertz CT molecular complexity index is 311. The van der Waals surface area contributed by atoms with Gasteiger partial charge in [0.2, 0.25) is 0 Å². The molecule has 0 aromatic heterocycles. The van der Waals surface area contributed by atoms with E-state index in [-0.39, 0.29) is 0 Å². The molecule has 13 heavy (non-hydrogen) atoms. The monoisotopic (exact) mass is 175 g/mol. The van der Waals surface area contributed by atoms with Crippen LogP contribution in [0.15, 0.2) is 24.3 Å². The molecule has 0 aliphatic heterocycles. The molecule has 1 aromatic carbocycles. The van der Waals surface area contributed by atoms with Crippen molar-refractivity contribution < 1.29 is 0 Å². The van der Waals surface area contributed by atoms with Crippen LogP contribution in [0.25, 0.3) is 6.08 Å². The molecule has 0 heterocycles. The highest BCUT2D eigenvalue weighted by Gasteiger charge is 2.00. The number of hydrogen-bond donors (Lipinski definition) is 0. The molecule has 0 aliphatic rings. The molecule has 0 fully saturated rings. The zero-order valence-electron chi connectivity index (χ0n) is 8.83. The maximum absolute atomic E-state index is 2.20. The Hall–Kier alpha value is -1.24. The van der Waals surface area contributed by atoms with E-state index in [1.807, 2.05) is 6.92 Å². The molecule has 1 heteroatoms. The summed E-state index contributed by atoms with van der Waals surface area (Å²) in [4.78, 5) is 2.13. The number of anilines is 1. The van der Waals surface area contributed by atoms with E-state index in [1.165, 1.54) is 16.8 Å². The van der Waals surface area contributed by atoms with E-state index in [2.05, 4.69) is 56.3 Å². The van der Waals surface area contributed by atoms with Crippen LogP contribution in [-0.2, 0) is 0 Å². The molecular formula is C12H17N. The highest BCUT2D eigenvalue weighted by molar-refractivity contribution is 5.67. The summed E-state index contributed by atoms with van der Waals surface area (Å²) >= 11 is 0. The molecule has 0 saturated heterocycles. The zero-order valence-corrected chi connectivity index (χ0v) is 8.83. The number of hydrogen-bond acceptors (Lipinski definition) is 1. The van der Waals surface area contributed by atoms with Crippen molar-refractivity contribution in [1.29, 1.82) is 0 Å². The first-order valence-electron chi connectivity index (χ1n) is 4.56. The second kappa shape index (κ2) is 4.13. The first kappa shape index (κ1) is 9.85. The van der Waals surface area contributed by atoms with E-state index < -0.39 is 0 Å². The van der Waals surface area contributed by atoms with Gasteiger partial charge in [-0.2, -0.15) is 0 Å². The maximum Gasteiger partial charge on any atom is 0.0434 e. The zero-order chi connectivity index (χ0) is 9.84. The molecule has 0 radical (unpaired) electrons. The van der Waals surface area contributed by atoms with Crippen LogP contribution < -0.4 is 4.90 Å². The number of nitrogens with zero attached hydrogens (tertiary/aromatic N) is 1. The molecule has 0 N–H and O–H groups in total. The Balaban J connectivity index is 3.18. The fourth-order valence-corrected chi connectivity index (χ4v) is 1.39. The summed E-state index contributed by atoms with van der Waals surface area (Å²) in [5, 5.41) is 0. The highest BCUT2D eigenvalue weighted by atomic mass is 15.1. The number of allylic oxidation sites excluding steroid dienone is 1. The molecule has 0 aliphatic carbocycles. The highest BCUT2D eigenvalue weighted by Crippen LogP contribution is 2.21. The molecule has 0 unspecified atom stereocenters. The number of rotatable bonds is 2. The lowest BCUT2D eigenvalue weighted by atomic mass is 10.1. The largest absolute Gasteiger partial charge is 0.377 e. The smallest absolute Gasteiger partial charge is 0.0434 e. The topological polar surface area (TPSA) is 3.24 Å². The van der Waals surface area contributed by atoms with Gasteiger partial charge < -0.3 is 4.90 Å². The Labute approximate surface area is 80.7 Å². The molecular weight excluding hydrogens is 158 g/mol. The van der Waals surface area contributed by atoms with E-state index in [0.29, 0.717) is 0 Å². The minimum atomic E-state index is 1.27. The van der Waals surface area contributed by atoms with Crippen molar-refractivity contribution in [3.05, 3.63) is 35.4 Å². The van der Waals surface area contributed by atoms with Crippen LogP contribution in [-0.4, -0.2) is 14.1 Å². The van der Waals surface area contributed by atoms with Gasteiger partial charge in [0, 0.05) is 19.8 Å². The summed E-state index contributed by atoms with van der Waals surface area (Å²) < 4.78 is 0. The summed E-state index contributed by atoms with van der Waals surface area (Å²) in [7, 11) is 4.13. The second-order valence-electron chi connectivity index (χ2n) is 3.46. The van der Waals surface area contributed by atoms with Crippen LogP contribution in [0, 0.1) is 6.92 Å². The molecule has 0 spiro atoms. The minimum absolute atomic E-state index is 1.27. The lowest BCUT2D eigenvalue weighted by Crippen LogP contribution is -2.10. The van der Waals surface area contributed by atoms with Gasteiger partial charge in [0.05, 0.1) is 0 Å². The van der Waals surface area contributed by atoms with E-state index >= 15 is 0 Å². The average molecular weight is 175 g/mol. The van der Waals surface area contributed by atoms with E-state index in [1.54, 1.807) is 0 Å². The third-order valence-electron chi connectivity index (χ3n) is 2.01. The molecule has 0 amide bonds. The van der Waals surface area contributed by atoms with Gasteiger partial charge in [0.1, 0.15) is 0 Å². The Morgan fingerprint density at radius 3 is 2.46 bits per heavy atom. The molecule has 0 saturated carbocycles. The van der Waals surface area contributed by atoms with Crippen molar-refractivity contribution in [2.45, 2.75) is 13.8 Å². The second-order valence-corrected chi connectivity index (χ2v) is 3.46. The number of aryl methyl sites for hydroxylation is 1. The van der Waals surface area contributed by atoms with E-state index in [0.717, 1.165) is 0 Å². The lowest BCUT2D eigenvalue weighted by molar-refractivity contribution is 1.12. The van der Waals surface area contributed by atoms with Gasteiger partial charge in [-0.15, -0.1) is 0 Å². The maximum atomic E-state index is 2.20. The summed E-state index contributed by atoms with van der Waals surface area (Å²) in [5.74, 6) is 0. The van der Waals surface area contributed by atoms with E-state index in [9.17, 15) is 0 Å². The van der Waals surface area contributed by atoms with Crippen molar-refractivity contribution in [1.82, 2.24) is 0 Å². The molecule has 1 nitrogen and oxygen atoms in total. The summed E-state index contributed by atoms with van der Waals surface area (Å²) in [6, 6.07) is 6.50. The third kappa shape index (κ3) is 2.35. The van der Waals surface area contributed by atoms with Gasteiger partial charge >= 0.3 is 0 Å². The van der Waals surface area contributed by atoms with Crippen molar-refractivity contribution >= 4 is 11.8 Å². The van der Waals surface area contributed by atoms with Gasteiger partial charge in [-0.05, 0) is 31.5 Å². The van der Waals surface area contributed by atoms with Crippen molar-refractivity contribution in [3.63, 3.8) is 0 Å². The van der Waals surface area contributed by atoms with Crippen LogP contribution in [0.2, 0.25) is 0 Å². The summed E-state index contributed by atoms with van der Waals surface area (Å²) in [6.45, 7) is 4.16. The van der Waals surface area contributed by atoms with E-state index in [4.69, 9.17) is 0 Å². The normalized spacial score (nSPS) is 10.8. The number of benzene rings is 1. The van der Waals surface area contributed by atoms with Gasteiger partial charge in [-0.1, -0.05) is 23.8 Å². The van der Waals surface area contributed by atoms with Crippen LogP contribution in [0.4, 0.5) is 5.69 Å². The fourth-order valence-electron chi connectivity index (χ4n) is 1.39. The van der Waals surface area contributed by atoms with Crippen LogP contribution in [0.5, 0.6) is 0 Å². The molecule has 70 valence electrons. The molecule has 1 rings (SSSR count). The third-order valence-corrected chi connectivity index (χ3v) is 2.01. The van der Waals surface area contributed by atoms with Crippen molar-refractivity contribution in [2.75, 3.05) is 19.0 Å². The Morgan fingerprint density at radius 1 is 1.23 bits per heavy atom. The van der Waals surface area contributed by atoms with Gasteiger partial charge in [0.25, 0.3) is 0 Å². The van der Waals surface area contributed by atoms with Crippen molar-refractivity contribution in [3.8, 4) is 0 Å². The fraction of sp³-hybridized carbons (Fsp3) is 0.333. The van der Waals surface area contributed by atoms with Gasteiger partial charge in [-0.25, -0.2) is 0 Å². The lowest BCUT2D eigenvalue weighted by Gasteiger charge is -2.16. The predicted molar refractivity (Wildman–Crippen MR) is 60.2 cm³/mol. The molecule has 1 aromatic rings. The minimum Gasteiger partial charge on any atom is -0.377 e. The van der Waals surface area contributed by atoms with Crippen LogP contribution in [0.1, 0.15) is 18.1 Å². The Kier molecular flexibility index (Phi) is 3.13. The van der Waals surface area contributed by atoms with Crippen LogP contribution >= 0.6 is 0 Å². The van der Waals surface area contributed by atoms with Gasteiger partial charge in [-0.3, -0.25) is 0 Å². The quantitative estimate of drug-likeness (QED) is 0.667. The van der Waals surface area contributed by atoms with Crippen LogP contribution in [0.3, 0.4) is 0 Å².